The van der Waals surface area contributed by atoms with Crippen LogP contribution in [-0.4, -0.2) is 5.78 Å². The van der Waals surface area contributed by atoms with Gasteiger partial charge in [-0.3, -0.25) is 4.79 Å². The summed E-state index contributed by atoms with van der Waals surface area (Å²) in [6.07, 6.45) is 7.34. The summed E-state index contributed by atoms with van der Waals surface area (Å²) in [6, 6.07) is 0. The molecule has 1 aliphatic rings. The normalized spacial score (nSPS) is 27.9. The van der Waals surface area contributed by atoms with Gasteiger partial charge in [-0.15, -0.1) is 0 Å². The van der Waals surface area contributed by atoms with Crippen molar-refractivity contribution in [3.8, 4) is 0 Å². The molecule has 0 spiro atoms. The molecule has 0 unspecified atom stereocenters. The number of allylic oxidation sites excluding steroid dienone is 2. The second-order valence-electron chi connectivity index (χ2n) is 6.38. The molecule has 0 aliphatic heterocycles. The van der Waals surface area contributed by atoms with Crippen molar-refractivity contribution >= 4 is 5.78 Å². The molecule has 0 aromatic carbocycles. The summed E-state index contributed by atoms with van der Waals surface area (Å²) in [6.45, 7) is 10.6. The zero-order chi connectivity index (χ0) is 12.3. The summed E-state index contributed by atoms with van der Waals surface area (Å²) in [7, 11) is 0. The molecule has 0 amide bonds. The van der Waals surface area contributed by atoms with Gasteiger partial charge >= 0.3 is 0 Å². The molecule has 0 bridgehead atoms. The summed E-state index contributed by atoms with van der Waals surface area (Å²) < 4.78 is 0. The Kier molecular flexibility index (Phi) is 4.35. The van der Waals surface area contributed by atoms with Gasteiger partial charge in [0.05, 0.1) is 0 Å². The van der Waals surface area contributed by atoms with E-state index < -0.39 is 0 Å². The fourth-order valence-corrected chi connectivity index (χ4v) is 2.62. The maximum Gasteiger partial charge on any atom is 0.155 e. The first-order valence-corrected chi connectivity index (χ1v) is 6.50. The highest BCUT2D eigenvalue weighted by Gasteiger charge is 2.28. The molecule has 92 valence electrons. The summed E-state index contributed by atoms with van der Waals surface area (Å²) in [4.78, 5) is 11.2. The summed E-state index contributed by atoms with van der Waals surface area (Å²) in [5.74, 6) is 1.72. The lowest BCUT2D eigenvalue weighted by atomic mass is 9.69. The molecule has 16 heavy (non-hydrogen) atoms. The number of carbonyl (C=O) groups is 1. The molecule has 1 rings (SSSR count). The van der Waals surface area contributed by atoms with Gasteiger partial charge in [-0.05, 0) is 62.4 Å². The first-order chi connectivity index (χ1) is 7.30. The molecule has 0 radical (unpaired) electrons. The Bertz CT molecular complexity index is 272. The second-order valence-corrected chi connectivity index (χ2v) is 6.38. The number of Topliss-reactive ketones (excluding diaryl/α,β-unsaturated/α-hetero) is 1. The molecule has 0 N–H and O–H groups in total. The van der Waals surface area contributed by atoms with E-state index in [1.165, 1.54) is 25.7 Å². The van der Waals surface area contributed by atoms with Crippen molar-refractivity contribution in [2.45, 2.75) is 60.3 Å². The van der Waals surface area contributed by atoms with Gasteiger partial charge in [0.1, 0.15) is 0 Å². The van der Waals surface area contributed by atoms with Crippen molar-refractivity contribution in [3.63, 3.8) is 0 Å². The van der Waals surface area contributed by atoms with E-state index in [4.69, 9.17) is 0 Å². The monoisotopic (exact) mass is 222 g/mol. The lowest BCUT2D eigenvalue weighted by Gasteiger charge is -2.36. The zero-order valence-corrected chi connectivity index (χ0v) is 11.5. The molecule has 1 nitrogen and oxygen atoms in total. The SMILES string of the molecule is CC(=O)C(C)=CC1CCC(C(C)(C)C)CC1. The number of hydrogen-bond donors (Lipinski definition) is 0. The smallest absolute Gasteiger partial charge is 0.155 e. The van der Waals surface area contributed by atoms with Crippen LogP contribution in [0.25, 0.3) is 0 Å². The number of carbonyl (C=O) groups excluding carboxylic acids is 1. The van der Waals surface area contributed by atoms with E-state index in [1.807, 2.05) is 6.92 Å². The minimum absolute atomic E-state index is 0.220. The number of ketones is 1. The van der Waals surface area contributed by atoms with Crippen molar-refractivity contribution in [1.29, 1.82) is 0 Å². The van der Waals surface area contributed by atoms with E-state index in [0.29, 0.717) is 11.3 Å². The van der Waals surface area contributed by atoms with E-state index in [0.717, 1.165) is 11.5 Å². The zero-order valence-electron chi connectivity index (χ0n) is 11.5. The Hall–Kier alpha value is -0.590. The van der Waals surface area contributed by atoms with Crippen molar-refractivity contribution in [1.82, 2.24) is 0 Å². The van der Waals surface area contributed by atoms with Crippen molar-refractivity contribution in [3.05, 3.63) is 11.6 Å². The maximum atomic E-state index is 11.2. The van der Waals surface area contributed by atoms with Gasteiger partial charge in [-0.1, -0.05) is 26.8 Å². The van der Waals surface area contributed by atoms with E-state index >= 15 is 0 Å². The highest BCUT2D eigenvalue weighted by atomic mass is 16.1. The lowest BCUT2D eigenvalue weighted by Crippen LogP contribution is -2.25. The van der Waals surface area contributed by atoms with Crippen molar-refractivity contribution in [2.24, 2.45) is 17.3 Å². The van der Waals surface area contributed by atoms with Gasteiger partial charge in [0.2, 0.25) is 0 Å². The first-order valence-electron chi connectivity index (χ1n) is 6.50. The Balaban J connectivity index is 2.50. The third-order valence-corrected chi connectivity index (χ3v) is 4.04. The predicted molar refractivity (Wildman–Crippen MR) is 69.3 cm³/mol. The van der Waals surface area contributed by atoms with Gasteiger partial charge in [-0.25, -0.2) is 0 Å². The molecule has 1 fully saturated rings. The van der Waals surface area contributed by atoms with Crippen LogP contribution in [-0.2, 0) is 4.79 Å². The molecule has 1 heteroatoms. The van der Waals surface area contributed by atoms with Gasteiger partial charge in [0, 0.05) is 0 Å². The first kappa shape index (κ1) is 13.5. The Morgan fingerprint density at radius 2 is 1.56 bits per heavy atom. The maximum absolute atomic E-state index is 11.2. The van der Waals surface area contributed by atoms with Crippen LogP contribution in [0.1, 0.15) is 60.3 Å². The van der Waals surface area contributed by atoms with Crippen LogP contribution in [0.3, 0.4) is 0 Å². The average Bonchev–Trinajstić information content (AvgIpc) is 2.17. The summed E-state index contributed by atoms with van der Waals surface area (Å²) >= 11 is 0. The number of rotatable bonds is 2. The van der Waals surface area contributed by atoms with Gasteiger partial charge in [0.25, 0.3) is 0 Å². The Morgan fingerprint density at radius 3 is 1.94 bits per heavy atom. The number of hydrogen-bond acceptors (Lipinski definition) is 1. The van der Waals surface area contributed by atoms with Crippen LogP contribution in [0.4, 0.5) is 0 Å². The standard InChI is InChI=1S/C15H26O/c1-11(12(2)16)10-13-6-8-14(9-7-13)15(3,4)5/h10,13-14H,6-9H2,1-5H3. The molecule has 1 aliphatic carbocycles. The molecule has 1 saturated carbocycles. The Morgan fingerprint density at radius 1 is 1.06 bits per heavy atom. The van der Waals surface area contributed by atoms with Crippen LogP contribution in [0.15, 0.2) is 11.6 Å². The molecular formula is C15H26O. The van der Waals surface area contributed by atoms with Crippen molar-refractivity contribution in [2.75, 3.05) is 0 Å². The topological polar surface area (TPSA) is 17.1 Å². The molecular weight excluding hydrogens is 196 g/mol. The highest BCUT2D eigenvalue weighted by Crippen LogP contribution is 2.40. The largest absolute Gasteiger partial charge is 0.295 e. The highest BCUT2D eigenvalue weighted by molar-refractivity contribution is 5.92. The summed E-state index contributed by atoms with van der Waals surface area (Å²) in [5, 5.41) is 0. The van der Waals surface area contributed by atoms with Crippen LogP contribution >= 0.6 is 0 Å². The molecule has 0 heterocycles. The quantitative estimate of drug-likeness (QED) is 0.634. The molecule has 0 aromatic rings. The minimum Gasteiger partial charge on any atom is -0.295 e. The van der Waals surface area contributed by atoms with E-state index in [-0.39, 0.29) is 5.78 Å². The molecule has 0 aromatic heterocycles. The lowest BCUT2D eigenvalue weighted by molar-refractivity contribution is -0.113. The molecule has 0 saturated heterocycles. The van der Waals surface area contributed by atoms with Crippen LogP contribution < -0.4 is 0 Å². The fourth-order valence-electron chi connectivity index (χ4n) is 2.62. The summed E-state index contributed by atoms with van der Waals surface area (Å²) in [5.41, 5.74) is 1.39. The van der Waals surface area contributed by atoms with Gasteiger partial charge < -0.3 is 0 Å². The average molecular weight is 222 g/mol. The minimum atomic E-state index is 0.220. The van der Waals surface area contributed by atoms with E-state index in [2.05, 4.69) is 26.8 Å². The van der Waals surface area contributed by atoms with E-state index in [9.17, 15) is 4.79 Å². The van der Waals surface area contributed by atoms with Gasteiger partial charge in [-0.2, -0.15) is 0 Å². The second kappa shape index (κ2) is 5.16. The van der Waals surface area contributed by atoms with Crippen LogP contribution in [0.5, 0.6) is 0 Å². The third kappa shape index (κ3) is 3.77. The fraction of sp³-hybridized carbons (Fsp3) is 0.800. The molecule has 0 atom stereocenters. The van der Waals surface area contributed by atoms with Crippen molar-refractivity contribution < 1.29 is 4.79 Å². The third-order valence-electron chi connectivity index (χ3n) is 4.04. The van der Waals surface area contributed by atoms with E-state index in [1.54, 1.807) is 6.92 Å². The Labute approximate surface area is 100 Å². The van der Waals surface area contributed by atoms with Gasteiger partial charge in [0.15, 0.2) is 5.78 Å². The van der Waals surface area contributed by atoms with Crippen LogP contribution in [0, 0.1) is 17.3 Å². The predicted octanol–water partition coefficient (Wildman–Crippen LogP) is 4.37. The van der Waals surface area contributed by atoms with Crippen LogP contribution in [0.2, 0.25) is 0 Å².